The van der Waals surface area contributed by atoms with Crippen molar-refractivity contribution in [3.05, 3.63) is 88.9 Å². The summed E-state index contributed by atoms with van der Waals surface area (Å²) in [5.41, 5.74) is 1.89. The Balaban J connectivity index is 2.10. The number of anilines is 1. The van der Waals surface area contributed by atoms with Crippen LogP contribution in [0.25, 0.3) is 0 Å². The van der Waals surface area contributed by atoms with Gasteiger partial charge in [0, 0.05) is 17.6 Å². The zero-order valence-electron chi connectivity index (χ0n) is 22.7. The van der Waals surface area contributed by atoms with Gasteiger partial charge < -0.3 is 15.0 Å². The van der Waals surface area contributed by atoms with Gasteiger partial charge >= 0.3 is 0 Å². The molecule has 10 heteroatoms. The molecule has 208 valence electrons. The summed E-state index contributed by atoms with van der Waals surface area (Å²) in [5.74, 6) is -0.682. The van der Waals surface area contributed by atoms with E-state index in [1.807, 2.05) is 45.0 Å². The first-order chi connectivity index (χ1) is 18.4. The maximum Gasteiger partial charge on any atom is 0.264 e. The molecular weight excluding hydrogens is 538 g/mol. The maximum atomic E-state index is 14.0. The van der Waals surface area contributed by atoms with Crippen LogP contribution in [0.5, 0.6) is 5.75 Å². The zero-order valence-corrected chi connectivity index (χ0v) is 24.3. The quantitative estimate of drug-likeness (QED) is 0.357. The number of aryl methyl sites for hydroxylation is 1. The number of carbonyl (C=O) groups is 2. The largest absolute Gasteiger partial charge is 0.495 e. The van der Waals surface area contributed by atoms with Crippen molar-refractivity contribution in [3.8, 4) is 5.75 Å². The second kappa shape index (κ2) is 13.0. The Labute approximate surface area is 235 Å². The number of benzene rings is 3. The number of methoxy groups -OCH3 is 1. The molecule has 0 fully saturated rings. The van der Waals surface area contributed by atoms with Crippen LogP contribution in [0, 0.1) is 6.92 Å². The summed E-state index contributed by atoms with van der Waals surface area (Å²) >= 11 is 6.25. The van der Waals surface area contributed by atoms with Crippen molar-refractivity contribution in [1.82, 2.24) is 10.2 Å². The number of rotatable bonds is 11. The van der Waals surface area contributed by atoms with Crippen molar-refractivity contribution in [3.63, 3.8) is 0 Å². The molecule has 0 bridgehead atoms. The minimum atomic E-state index is -4.23. The molecule has 0 aliphatic carbocycles. The molecule has 0 saturated carbocycles. The van der Waals surface area contributed by atoms with Crippen LogP contribution in [0.2, 0.25) is 5.02 Å². The van der Waals surface area contributed by atoms with E-state index in [0.717, 1.165) is 15.4 Å². The van der Waals surface area contributed by atoms with E-state index in [9.17, 15) is 18.0 Å². The fourth-order valence-electron chi connectivity index (χ4n) is 4.05. The van der Waals surface area contributed by atoms with Crippen LogP contribution in [-0.4, -0.2) is 50.9 Å². The van der Waals surface area contributed by atoms with E-state index >= 15 is 0 Å². The standard InChI is InChI=1S/C29H34ClN3O5S/c1-20(2)31-29(35)22(4)32(18-23-12-10-9-11-21(23)3)28(34)19-33(26-17-24(30)15-16-27(26)38-5)39(36,37)25-13-7-6-8-14-25/h6-17,20,22H,18-19H2,1-5H3,(H,31,35). The molecule has 1 atom stereocenters. The van der Waals surface area contributed by atoms with Crippen LogP contribution in [0.1, 0.15) is 31.9 Å². The van der Waals surface area contributed by atoms with E-state index in [1.165, 1.54) is 30.2 Å². The topological polar surface area (TPSA) is 96.0 Å². The lowest BCUT2D eigenvalue weighted by Gasteiger charge is -2.33. The van der Waals surface area contributed by atoms with E-state index in [1.54, 1.807) is 37.3 Å². The van der Waals surface area contributed by atoms with Gasteiger partial charge in [-0.15, -0.1) is 0 Å². The number of ether oxygens (including phenoxy) is 1. The maximum absolute atomic E-state index is 14.0. The molecule has 0 radical (unpaired) electrons. The second-order valence-electron chi connectivity index (χ2n) is 9.43. The van der Waals surface area contributed by atoms with Gasteiger partial charge in [0.15, 0.2) is 0 Å². The smallest absolute Gasteiger partial charge is 0.264 e. The average Bonchev–Trinajstić information content (AvgIpc) is 2.90. The monoisotopic (exact) mass is 571 g/mol. The molecular formula is C29H34ClN3O5S. The molecule has 1 N–H and O–H groups in total. The Morgan fingerprint density at radius 3 is 2.23 bits per heavy atom. The highest BCUT2D eigenvalue weighted by atomic mass is 35.5. The van der Waals surface area contributed by atoms with E-state index < -0.39 is 28.5 Å². The molecule has 0 spiro atoms. The summed E-state index contributed by atoms with van der Waals surface area (Å²) in [6.07, 6.45) is 0. The molecule has 0 aliphatic rings. The number of nitrogens with zero attached hydrogens (tertiary/aromatic N) is 2. The fraction of sp³-hybridized carbons (Fsp3) is 0.310. The summed E-state index contributed by atoms with van der Waals surface area (Å²) in [5, 5.41) is 3.11. The number of hydrogen-bond acceptors (Lipinski definition) is 5. The summed E-state index contributed by atoms with van der Waals surface area (Å²) < 4.78 is 34.2. The molecule has 0 aromatic heterocycles. The molecule has 0 saturated heterocycles. The highest BCUT2D eigenvalue weighted by Crippen LogP contribution is 2.35. The molecule has 3 rings (SSSR count). The van der Waals surface area contributed by atoms with Crippen molar-refractivity contribution in [2.45, 2.75) is 51.2 Å². The molecule has 0 heterocycles. The SMILES string of the molecule is COc1ccc(Cl)cc1N(CC(=O)N(Cc1ccccc1C)C(C)C(=O)NC(C)C)S(=O)(=O)c1ccccc1. The highest BCUT2D eigenvalue weighted by molar-refractivity contribution is 7.92. The van der Waals surface area contributed by atoms with Gasteiger partial charge in [0.1, 0.15) is 18.3 Å². The lowest BCUT2D eigenvalue weighted by molar-refractivity contribution is -0.139. The lowest BCUT2D eigenvalue weighted by atomic mass is 10.1. The van der Waals surface area contributed by atoms with Gasteiger partial charge in [0.2, 0.25) is 11.8 Å². The third-order valence-electron chi connectivity index (χ3n) is 6.22. The molecule has 1 unspecified atom stereocenters. The fourth-order valence-corrected chi connectivity index (χ4v) is 5.65. The Bertz CT molecular complexity index is 1410. The minimum Gasteiger partial charge on any atom is -0.495 e. The lowest BCUT2D eigenvalue weighted by Crippen LogP contribution is -2.52. The van der Waals surface area contributed by atoms with Crippen molar-refractivity contribution in [2.24, 2.45) is 0 Å². The summed E-state index contributed by atoms with van der Waals surface area (Å²) in [7, 11) is -2.82. The number of amides is 2. The highest BCUT2D eigenvalue weighted by Gasteiger charge is 2.34. The first-order valence-corrected chi connectivity index (χ1v) is 14.3. The molecule has 8 nitrogen and oxygen atoms in total. The summed E-state index contributed by atoms with van der Waals surface area (Å²) in [4.78, 5) is 28.4. The van der Waals surface area contributed by atoms with Gasteiger partial charge in [-0.3, -0.25) is 13.9 Å². The van der Waals surface area contributed by atoms with E-state index in [-0.39, 0.29) is 39.8 Å². The molecule has 0 aliphatic heterocycles. The second-order valence-corrected chi connectivity index (χ2v) is 11.7. The predicted molar refractivity (Wildman–Crippen MR) is 153 cm³/mol. The average molecular weight is 572 g/mol. The van der Waals surface area contributed by atoms with Crippen LogP contribution < -0.4 is 14.4 Å². The Morgan fingerprint density at radius 1 is 0.974 bits per heavy atom. The van der Waals surface area contributed by atoms with Crippen LogP contribution in [0.3, 0.4) is 0 Å². The van der Waals surface area contributed by atoms with Gasteiger partial charge in [-0.05, 0) is 69.2 Å². The van der Waals surface area contributed by atoms with Gasteiger partial charge in [0.05, 0.1) is 17.7 Å². The Hall–Kier alpha value is -3.56. The third-order valence-corrected chi connectivity index (χ3v) is 8.23. The van der Waals surface area contributed by atoms with Crippen LogP contribution in [0.15, 0.2) is 77.7 Å². The summed E-state index contributed by atoms with van der Waals surface area (Å²) in [6.45, 7) is 6.74. The predicted octanol–water partition coefficient (Wildman–Crippen LogP) is 4.79. The normalized spacial score (nSPS) is 12.1. The molecule has 39 heavy (non-hydrogen) atoms. The summed E-state index contributed by atoms with van der Waals surface area (Å²) in [6, 6.07) is 18.9. The third kappa shape index (κ3) is 7.30. The number of halogens is 1. The molecule has 2 amide bonds. The van der Waals surface area contributed by atoms with E-state index in [0.29, 0.717) is 0 Å². The Kier molecular flexibility index (Phi) is 9.99. The van der Waals surface area contributed by atoms with Crippen molar-refractivity contribution < 1.29 is 22.7 Å². The van der Waals surface area contributed by atoms with Crippen LogP contribution >= 0.6 is 11.6 Å². The van der Waals surface area contributed by atoms with E-state index in [4.69, 9.17) is 16.3 Å². The van der Waals surface area contributed by atoms with Crippen molar-refractivity contribution in [1.29, 1.82) is 0 Å². The van der Waals surface area contributed by atoms with Crippen molar-refractivity contribution in [2.75, 3.05) is 18.0 Å². The first-order valence-electron chi connectivity index (χ1n) is 12.5. The molecule has 3 aromatic carbocycles. The van der Waals surface area contributed by atoms with Gasteiger partial charge in [-0.2, -0.15) is 0 Å². The number of sulfonamides is 1. The number of hydrogen-bond donors (Lipinski definition) is 1. The number of carbonyl (C=O) groups excluding carboxylic acids is 2. The van der Waals surface area contributed by atoms with Gasteiger partial charge in [-0.1, -0.05) is 54.1 Å². The number of nitrogens with one attached hydrogen (secondary N) is 1. The first kappa shape index (κ1) is 30.0. The minimum absolute atomic E-state index is 0.00381. The van der Waals surface area contributed by atoms with Crippen LogP contribution in [0.4, 0.5) is 5.69 Å². The van der Waals surface area contributed by atoms with Gasteiger partial charge in [-0.25, -0.2) is 8.42 Å². The van der Waals surface area contributed by atoms with Crippen LogP contribution in [-0.2, 0) is 26.2 Å². The van der Waals surface area contributed by atoms with Crippen molar-refractivity contribution >= 4 is 39.1 Å². The zero-order chi connectivity index (χ0) is 28.7. The van der Waals surface area contributed by atoms with Gasteiger partial charge in [0.25, 0.3) is 10.0 Å². The van der Waals surface area contributed by atoms with E-state index in [2.05, 4.69) is 5.32 Å². The Morgan fingerprint density at radius 2 is 1.62 bits per heavy atom. The molecule has 3 aromatic rings.